The number of rotatable bonds is 5. The van der Waals surface area contributed by atoms with E-state index in [1.54, 1.807) is 29.2 Å². The van der Waals surface area contributed by atoms with Gasteiger partial charge in [0.2, 0.25) is 0 Å². The second-order valence-corrected chi connectivity index (χ2v) is 6.70. The summed E-state index contributed by atoms with van der Waals surface area (Å²) in [7, 11) is -3.19. The number of urea groups is 1. The molecular formula is C14H22N2O3S. The van der Waals surface area contributed by atoms with Crippen molar-refractivity contribution in [3.63, 3.8) is 0 Å². The molecule has 1 aromatic carbocycles. The Morgan fingerprint density at radius 3 is 2.10 bits per heavy atom. The third-order valence-electron chi connectivity index (χ3n) is 3.20. The summed E-state index contributed by atoms with van der Waals surface area (Å²) in [5.41, 5.74) is 0.873. The van der Waals surface area contributed by atoms with Gasteiger partial charge >= 0.3 is 6.03 Å². The van der Waals surface area contributed by atoms with Gasteiger partial charge in [0.1, 0.15) is 0 Å². The van der Waals surface area contributed by atoms with Crippen LogP contribution in [-0.2, 0) is 9.84 Å². The third kappa shape index (κ3) is 4.23. The van der Waals surface area contributed by atoms with Crippen molar-refractivity contribution in [2.75, 3.05) is 19.3 Å². The number of nitrogens with zero attached hydrogens (tertiary/aromatic N) is 1. The van der Waals surface area contributed by atoms with Crippen LogP contribution in [0.4, 0.5) is 4.79 Å². The summed E-state index contributed by atoms with van der Waals surface area (Å²) in [6.07, 6.45) is 1.17. The number of hydrogen-bond acceptors (Lipinski definition) is 3. The average molecular weight is 298 g/mol. The van der Waals surface area contributed by atoms with Gasteiger partial charge < -0.3 is 10.2 Å². The minimum atomic E-state index is -3.19. The fourth-order valence-corrected chi connectivity index (χ4v) is 2.50. The molecular weight excluding hydrogens is 276 g/mol. The van der Waals surface area contributed by atoms with E-state index in [0.717, 1.165) is 5.56 Å². The molecule has 0 aromatic heterocycles. The van der Waals surface area contributed by atoms with E-state index in [2.05, 4.69) is 5.32 Å². The Morgan fingerprint density at radius 2 is 1.70 bits per heavy atom. The van der Waals surface area contributed by atoms with E-state index in [1.807, 2.05) is 20.8 Å². The van der Waals surface area contributed by atoms with Gasteiger partial charge in [0.05, 0.1) is 10.9 Å². The van der Waals surface area contributed by atoms with Crippen molar-refractivity contribution in [2.24, 2.45) is 0 Å². The third-order valence-corrected chi connectivity index (χ3v) is 4.33. The summed E-state index contributed by atoms with van der Waals surface area (Å²) in [6.45, 7) is 7.03. The van der Waals surface area contributed by atoms with Gasteiger partial charge in [0, 0.05) is 19.3 Å². The van der Waals surface area contributed by atoms with Crippen LogP contribution in [0.5, 0.6) is 0 Å². The fraction of sp³-hybridized carbons (Fsp3) is 0.500. The van der Waals surface area contributed by atoms with Crippen LogP contribution >= 0.6 is 0 Å². The summed E-state index contributed by atoms with van der Waals surface area (Å²) in [6, 6.07) is 6.29. The first-order valence-electron chi connectivity index (χ1n) is 6.65. The highest BCUT2D eigenvalue weighted by Crippen LogP contribution is 2.16. The minimum Gasteiger partial charge on any atom is -0.331 e. The van der Waals surface area contributed by atoms with Crippen LogP contribution in [0.3, 0.4) is 0 Å². The monoisotopic (exact) mass is 298 g/mol. The zero-order chi connectivity index (χ0) is 15.3. The lowest BCUT2D eigenvalue weighted by Gasteiger charge is -2.22. The molecule has 6 heteroatoms. The highest BCUT2D eigenvalue weighted by Gasteiger charge is 2.14. The molecule has 20 heavy (non-hydrogen) atoms. The van der Waals surface area contributed by atoms with E-state index in [-0.39, 0.29) is 17.0 Å². The van der Waals surface area contributed by atoms with Crippen molar-refractivity contribution >= 4 is 15.9 Å². The Morgan fingerprint density at radius 1 is 1.20 bits per heavy atom. The number of benzene rings is 1. The van der Waals surface area contributed by atoms with E-state index in [4.69, 9.17) is 0 Å². The van der Waals surface area contributed by atoms with E-state index < -0.39 is 9.84 Å². The molecule has 0 bridgehead atoms. The van der Waals surface area contributed by atoms with Crippen LogP contribution in [0.2, 0.25) is 0 Å². The number of carbonyl (C=O) groups is 1. The Balaban J connectivity index is 2.78. The molecule has 1 unspecified atom stereocenters. The van der Waals surface area contributed by atoms with E-state index >= 15 is 0 Å². The topological polar surface area (TPSA) is 66.5 Å². The van der Waals surface area contributed by atoms with Gasteiger partial charge in [-0.1, -0.05) is 12.1 Å². The molecule has 2 amide bonds. The first kappa shape index (κ1) is 16.5. The van der Waals surface area contributed by atoms with Gasteiger partial charge in [-0.3, -0.25) is 0 Å². The predicted molar refractivity (Wildman–Crippen MR) is 79.4 cm³/mol. The van der Waals surface area contributed by atoms with Gasteiger partial charge in [-0.15, -0.1) is 0 Å². The van der Waals surface area contributed by atoms with Gasteiger partial charge in [-0.05, 0) is 38.5 Å². The molecule has 0 heterocycles. The number of sulfone groups is 1. The SMILES string of the molecule is CCN(CC)C(=O)NC(C)c1ccc(S(C)(=O)=O)cc1. The van der Waals surface area contributed by atoms with Crippen molar-refractivity contribution in [3.8, 4) is 0 Å². The van der Waals surface area contributed by atoms with Crippen LogP contribution in [0.25, 0.3) is 0 Å². The van der Waals surface area contributed by atoms with Crippen LogP contribution < -0.4 is 5.32 Å². The van der Waals surface area contributed by atoms with Crippen LogP contribution in [0.15, 0.2) is 29.2 Å². The van der Waals surface area contributed by atoms with Crippen LogP contribution in [0.1, 0.15) is 32.4 Å². The molecule has 0 saturated heterocycles. The second-order valence-electron chi connectivity index (χ2n) is 4.68. The summed E-state index contributed by atoms with van der Waals surface area (Å²) < 4.78 is 22.8. The van der Waals surface area contributed by atoms with Crippen LogP contribution in [0, 0.1) is 0 Å². The van der Waals surface area contributed by atoms with Crippen molar-refractivity contribution in [3.05, 3.63) is 29.8 Å². The maximum atomic E-state index is 11.9. The Labute approximate surface area is 120 Å². The molecule has 0 aliphatic rings. The number of nitrogens with one attached hydrogen (secondary N) is 1. The van der Waals surface area contributed by atoms with Crippen LogP contribution in [-0.4, -0.2) is 38.7 Å². The largest absolute Gasteiger partial charge is 0.331 e. The fourth-order valence-electron chi connectivity index (χ4n) is 1.87. The number of amides is 2. The van der Waals surface area contributed by atoms with E-state index in [9.17, 15) is 13.2 Å². The van der Waals surface area contributed by atoms with Crippen molar-refractivity contribution in [1.82, 2.24) is 10.2 Å². The molecule has 0 aliphatic carbocycles. The van der Waals surface area contributed by atoms with Crippen molar-refractivity contribution < 1.29 is 13.2 Å². The lowest BCUT2D eigenvalue weighted by atomic mass is 10.1. The maximum Gasteiger partial charge on any atom is 0.317 e. The molecule has 0 saturated carbocycles. The Hall–Kier alpha value is -1.56. The van der Waals surface area contributed by atoms with Crippen molar-refractivity contribution in [2.45, 2.75) is 31.7 Å². The first-order valence-corrected chi connectivity index (χ1v) is 8.54. The smallest absolute Gasteiger partial charge is 0.317 e. The summed E-state index contributed by atoms with van der Waals surface area (Å²) in [4.78, 5) is 13.9. The molecule has 0 radical (unpaired) electrons. The standard InChI is InChI=1S/C14H22N2O3S/c1-5-16(6-2)14(17)15-11(3)12-7-9-13(10-8-12)20(4,18)19/h7-11H,5-6H2,1-4H3,(H,15,17). The first-order chi connectivity index (χ1) is 9.29. The van der Waals surface area contributed by atoms with Gasteiger partial charge in [-0.25, -0.2) is 13.2 Å². The summed E-state index contributed by atoms with van der Waals surface area (Å²) >= 11 is 0. The predicted octanol–water partition coefficient (Wildman–Crippen LogP) is 2.20. The zero-order valence-electron chi connectivity index (χ0n) is 12.4. The molecule has 112 valence electrons. The average Bonchev–Trinajstić information content (AvgIpc) is 2.39. The minimum absolute atomic E-state index is 0.116. The number of hydrogen-bond donors (Lipinski definition) is 1. The summed E-state index contributed by atoms with van der Waals surface area (Å²) in [5.74, 6) is 0. The lowest BCUT2D eigenvalue weighted by Crippen LogP contribution is -2.40. The molecule has 1 aromatic rings. The molecule has 0 aliphatic heterocycles. The quantitative estimate of drug-likeness (QED) is 0.906. The summed E-state index contributed by atoms with van der Waals surface area (Å²) in [5, 5.41) is 2.89. The highest BCUT2D eigenvalue weighted by molar-refractivity contribution is 7.90. The Bertz CT molecular complexity index is 548. The molecule has 1 atom stereocenters. The van der Waals surface area contributed by atoms with Crippen molar-refractivity contribution in [1.29, 1.82) is 0 Å². The van der Waals surface area contributed by atoms with E-state index in [1.165, 1.54) is 6.26 Å². The van der Waals surface area contributed by atoms with E-state index in [0.29, 0.717) is 13.1 Å². The molecule has 0 fully saturated rings. The second kappa shape index (κ2) is 6.74. The normalized spacial score (nSPS) is 12.8. The molecule has 1 N–H and O–H groups in total. The molecule has 1 rings (SSSR count). The highest BCUT2D eigenvalue weighted by atomic mass is 32.2. The van der Waals surface area contributed by atoms with Gasteiger partial charge in [0.25, 0.3) is 0 Å². The number of carbonyl (C=O) groups excluding carboxylic acids is 1. The zero-order valence-corrected chi connectivity index (χ0v) is 13.2. The maximum absolute atomic E-state index is 11.9. The Kier molecular flexibility index (Phi) is 5.56. The molecule has 5 nitrogen and oxygen atoms in total. The van der Waals surface area contributed by atoms with Gasteiger partial charge in [0.15, 0.2) is 9.84 Å². The molecule has 0 spiro atoms. The van der Waals surface area contributed by atoms with Gasteiger partial charge in [-0.2, -0.15) is 0 Å². The lowest BCUT2D eigenvalue weighted by molar-refractivity contribution is 0.200.